The van der Waals surface area contributed by atoms with Crippen molar-refractivity contribution in [3.63, 3.8) is 0 Å². The molecule has 4 aromatic rings. The Bertz CT molecular complexity index is 1350. The molecule has 8 heteroatoms. The second-order valence-corrected chi connectivity index (χ2v) is 9.24. The maximum atomic E-state index is 12.7. The zero-order chi connectivity index (χ0) is 26.7. The van der Waals surface area contributed by atoms with Gasteiger partial charge in [-0.25, -0.2) is 0 Å². The SMILES string of the molecule is CC(C)(c1ccc(O)c(NC(=O)c2ccc(N)cc2)c1)c1ccc(O)c(NC(=O)c2ccc(N)cc2)c1. The molecule has 0 radical (unpaired) electrons. The van der Waals surface area contributed by atoms with Crippen LogP contribution in [0.3, 0.4) is 0 Å². The fourth-order valence-corrected chi connectivity index (χ4v) is 3.87. The molecule has 188 valence electrons. The van der Waals surface area contributed by atoms with Crippen LogP contribution >= 0.6 is 0 Å². The lowest BCUT2D eigenvalue weighted by Gasteiger charge is -2.27. The lowest BCUT2D eigenvalue weighted by Crippen LogP contribution is -2.20. The van der Waals surface area contributed by atoms with Gasteiger partial charge in [-0.1, -0.05) is 26.0 Å². The Labute approximate surface area is 214 Å². The molecule has 0 bridgehead atoms. The predicted molar refractivity (Wildman–Crippen MR) is 146 cm³/mol. The van der Waals surface area contributed by atoms with E-state index in [2.05, 4.69) is 10.6 Å². The van der Waals surface area contributed by atoms with Gasteiger partial charge in [-0.3, -0.25) is 9.59 Å². The molecular weight excluding hydrogens is 468 g/mol. The normalized spacial score (nSPS) is 11.1. The molecule has 0 unspecified atom stereocenters. The molecule has 2 amide bonds. The Hall–Kier alpha value is -4.98. The quantitative estimate of drug-likeness (QED) is 0.162. The Morgan fingerprint density at radius 1 is 0.622 bits per heavy atom. The predicted octanol–water partition coefficient (Wildman–Crippen LogP) is 5.09. The van der Waals surface area contributed by atoms with Gasteiger partial charge in [0.25, 0.3) is 11.8 Å². The molecule has 0 spiro atoms. The van der Waals surface area contributed by atoms with Crippen LogP contribution in [0.25, 0.3) is 0 Å². The smallest absolute Gasteiger partial charge is 0.255 e. The van der Waals surface area contributed by atoms with Crippen LogP contribution in [0.4, 0.5) is 22.7 Å². The Morgan fingerprint density at radius 3 is 1.32 bits per heavy atom. The van der Waals surface area contributed by atoms with Crippen molar-refractivity contribution in [1.29, 1.82) is 0 Å². The number of nitrogens with two attached hydrogens (primary N) is 2. The van der Waals surface area contributed by atoms with E-state index in [-0.39, 0.29) is 34.7 Å². The van der Waals surface area contributed by atoms with Gasteiger partial charge in [0.15, 0.2) is 0 Å². The first-order chi connectivity index (χ1) is 17.5. The van der Waals surface area contributed by atoms with Crippen LogP contribution in [-0.4, -0.2) is 22.0 Å². The van der Waals surface area contributed by atoms with E-state index < -0.39 is 5.41 Å². The number of hydrogen-bond donors (Lipinski definition) is 6. The van der Waals surface area contributed by atoms with Crippen LogP contribution in [0.2, 0.25) is 0 Å². The molecule has 8 N–H and O–H groups in total. The number of rotatable bonds is 6. The first-order valence-electron chi connectivity index (χ1n) is 11.6. The van der Waals surface area contributed by atoms with Crippen LogP contribution in [0, 0.1) is 0 Å². The molecule has 0 saturated heterocycles. The molecule has 0 fully saturated rings. The van der Waals surface area contributed by atoms with E-state index in [1.807, 2.05) is 13.8 Å². The molecule has 0 aromatic heterocycles. The largest absolute Gasteiger partial charge is 0.506 e. The van der Waals surface area contributed by atoms with Crippen LogP contribution < -0.4 is 22.1 Å². The van der Waals surface area contributed by atoms with E-state index in [0.717, 1.165) is 11.1 Å². The Morgan fingerprint density at radius 2 is 0.973 bits per heavy atom. The first kappa shape index (κ1) is 25.1. The molecule has 37 heavy (non-hydrogen) atoms. The summed E-state index contributed by atoms with van der Waals surface area (Å²) in [6.07, 6.45) is 0. The number of benzene rings is 4. The summed E-state index contributed by atoms with van der Waals surface area (Å²) in [5.74, 6) is -0.930. The van der Waals surface area contributed by atoms with Crippen molar-refractivity contribution in [3.05, 3.63) is 107 Å². The average Bonchev–Trinajstić information content (AvgIpc) is 2.87. The van der Waals surface area contributed by atoms with Crippen LogP contribution in [0.15, 0.2) is 84.9 Å². The van der Waals surface area contributed by atoms with Gasteiger partial charge < -0.3 is 32.3 Å². The summed E-state index contributed by atoms with van der Waals surface area (Å²) in [5, 5.41) is 26.3. The number of carbonyl (C=O) groups is 2. The van der Waals surface area contributed by atoms with Crippen molar-refractivity contribution in [3.8, 4) is 11.5 Å². The van der Waals surface area contributed by atoms with E-state index in [1.165, 1.54) is 12.1 Å². The Balaban J connectivity index is 1.60. The van der Waals surface area contributed by atoms with E-state index in [0.29, 0.717) is 22.5 Å². The summed E-state index contributed by atoms with van der Waals surface area (Å²) >= 11 is 0. The van der Waals surface area contributed by atoms with Gasteiger partial charge in [-0.15, -0.1) is 0 Å². The van der Waals surface area contributed by atoms with Crippen molar-refractivity contribution in [2.75, 3.05) is 22.1 Å². The molecule has 0 atom stereocenters. The molecular formula is C29H28N4O4. The fraction of sp³-hybridized carbons (Fsp3) is 0.103. The number of aromatic hydroxyl groups is 2. The number of nitrogens with one attached hydrogen (secondary N) is 2. The number of anilines is 4. The molecule has 0 heterocycles. The van der Waals surface area contributed by atoms with E-state index in [9.17, 15) is 19.8 Å². The Kier molecular flexibility index (Phi) is 6.75. The highest BCUT2D eigenvalue weighted by Crippen LogP contribution is 2.38. The van der Waals surface area contributed by atoms with Gasteiger partial charge in [0.1, 0.15) is 11.5 Å². The standard InChI is InChI=1S/C29H28N4O4/c1-29(2,19-7-13-25(34)23(15-19)32-27(36)17-3-9-21(30)10-4-17)20-8-14-26(35)24(16-20)33-28(37)18-5-11-22(31)12-6-18/h3-16,34-35H,30-31H2,1-2H3,(H,32,36)(H,33,37). The summed E-state index contributed by atoms with van der Waals surface area (Å²) in [5.41, 5.74) is 14.7. The highest BCUT2D eigenvalue weighted by atomic mass is 16.3. The van der Waals surface area contributed by atoms with Crippen molar-refractivity contribution in [2.45, 2.75) is 19.3 Å². The third-order valence-corrected chi connectivity index (χ3v) is 6.28. The topological polar surface area (TPSA) is 151 Å². The number of amides is 2. The van der Waals surface area contributed by atoms with Gasteiger partial charge in [-0.2, -0.15) is 0 Å². The van der Waals surface area contributed by atoms with Crippen molar-refractivity contribution in [1.82, 2.24) is 0 Å². The maximum absolute atomic E-state index is 12.7. The highest BCUT2D eigenvalue weighted by Gasteiger charge is 2.26. The number of phenolic OH excluding ortho intramolecular Hbond substituents is 2. The molecule has 4 rings (SSSR count). The highest BCUT2D eigenvalue weighted by molar-refractivity contribution is 6.06. The molecule has 0 saturated carbocycles. The van der Waals surface area contributed by atoms with Crippen molar-refractivity contribution >= 4 is 34.6 Å². The number of nitrogen functional groups attached to an aromatic ring is 2. The zero-order valence-corrected chi connectivity index (χ0v) is 20.4. The summed E-state index contributed by atoms with van der Waals surface area (Å²) in [6.45, 7) is 3.92. The zero-order valence-electron chi connectivity index (χ0n) is 20.4. The van der Waals surface area contributed by atoms with Crippen LogP contribution in [-0.2, 0) is 5.41 Å². The second kappa shape index (κ2) is 9.94. The first-order valence-corrected chi connectivity index (χ1v) is 11.6. The summed E-state index contributed by atoms with van der Waals surface area (Å²) in [7, 11) is 0. The van der Waals surface area contributed by atoms with E-state index in [4.69, 9.17) is 11.5 Å². The van der Waals surface area contributed by atoms with Crippen LogP contribution in [0.5, 0.6) is 11.5 Å². The average molecular weight is 497 g/mol. The number of phenols is 2. The van der Waals surface area contributed by atoms with Crippen molar-refractivity contribution < 1.29 is 19.8 Å². The van der Waals surface area contributed by atoms with Crippen molar-refractivity contribution in [2.24, 2.45) is 0 Å². The lowest BCUT2D eigenvalue weighted by molar-refractivity contribution is 0.101. The second-order valence-electron chi connectivity index (χ2n) is 9.24. The number of carbonyl (C=O) groups excluding carboxylic acids is 2. The fourth-order valence-electron chi connectivity index (χ4n) is 3.87. The molecule has 0 aliphatic heterocycles. The lowest BCUT2D eigenvalue weighted by atomic mass is 9.77. The summed E-state index contributed by atoms with van der Waals surface area (Å²) in [4.78, 5) is 25.4. The van der Waals surface area contributed by atoms with Gasteiger partial charge in [0.05, 0.1) is 11.4 Å². The summed E-state index contributed by atoms with van der Waals surface area (Å²) < 4.78 is 0. The minimum absolute atomic E-state index is 0.0782. The van der Waals surface area contributed by atoms with Gasteiger partial charge in [-0.05, 0) is 83.9 Å². The number of hydrogen-bond acceptors (Lipinski definition) is 6. The molecule has 0 aliphatic carbocycles. The molecule has 4 aromatic carbocycles. The maximum Gasteiger partial charge on any atom is 0.255 e. The van der Waals surface area contributed by atoms with Gasteiger partial charge >= 0.3 is 0 Å². The monoisotopic (exact) mass is 496 g/mol. The summed E-state index contributed by atoms with van der Waals surface area (Å²) in [6, 6.07) is 22.9. The minimum atomic E-state index is -0.622. The van der Waals surface area contributed by atoms with E-state index in [1.54, 1.807) is 72.8 Å². The third kappa shape index (κ3) is 5.48. The van der Waals surface area contributed by atoms with Crippen LogP contribution in [0.1, 0.15) is 45.7 Å². The van der Waals surface area contributed by atoms with E-state index >= 15 is 0 Å². The van der Waals surface area contributed by atoms with Gasteiger partial charge in [0.2, 0.25) is 0 Å². The minimum Gasteiger partial charge on any atom is -0.506 e. The van der Waals surface area contributed by atoms with Gasteiger partial charge in [0, 0.05) is 27.9 Å². The molecule has 0 aliphatic rings. The molecule has 8 nitrogen and oxygen atoms in total. The third-order valence-electron chi connectivity index (χ3n) is 6.28.